The van der Waals surface area contributed by atoms with Crippen LogP contribution in [0.1, 0.15) is 31.2 Å². The molecule has 1 saturated carbocycles. The lowest BCUT2D eigenvalue weighted by Crippen LogP contribution is -2.45. The Morgan fingerprint density at radius 3 is 2.62 bits per heavy atom. The zero-order chi connectivity index (χ0) is 15.5. The predicted octanol–water partition coefficient (Wildman–Crippen LogP) is 1.32. The Morgan fingerprint density at radius 1 is 1.29 bits per heavy atom. The lowest BCUT2D eigenvalue weighted by Gasteiger charge is -2.28. The van der Waals surface area contributed by atoms with E-state index in [-0.39, 0.29) is 11.3 Å². The highest BCUT2D eigenvalue weighted by Crippen LogP contribution is 2.22. The van der Waals surface area contributed by atoms with Crippen molar-refractivity contribution in [1.82, 2.24) is 4.72 Å². The van der Waals surface area contributed by atoms with E-state index in [2.05, 4.69) is 4.72 Å². The van der Waals surface area contributed by atoms with Crippen LogP contribution in [0.25, 0.3) is 0 Å². The molecule has 0 radical (unpaired) electrons. The van der Waals surface area contributed by atoms with Gasteiger partial charge in [-0.3, -0.25) is 10.1 Å². The van der Waals surface area contributed by atoms with Gasteiger partial charge in [0.25, 0.3) is 5.69 Å². The second-order valence-corrected chi connectivity index (χ2v) is 6.97. The molecule has 0 bridgehead atoms. The minimum absolute atomic E-state index is 0.139. The zero-order valence-electron chi connectivity index (χ0n) is 11.4. The summed E-state index contributed by atoms with van der Waals surface area (Å²) >= 11 is 0. The molecule has 21 heavy (non-hydrogen) atoms. The number of aliphatic hydroxyl groups excluding tert-OH is 1. The summed E-state index contributed by atoms with van der Waals surface area (Å²) in [6.45, 7) is 0. The quantitative estimate of drug-likeness (QED) is 0.629. The Hall–Kier alpha value is -1.51. The van der Waals surface area contributed by atoms with Crippen molar-refractivity contribution >= 4 is 15.7 Å². The fraction of sp³-hybridized carbons (Fsp3) is 0.538. The Morgan fingerprint density at radius 2 is 1.95 bits per heavy atom. The van der Waals surface area contributed by atoms with Crippen LogP contribution in [0.2, 0.25) is 0 Å². The molecule has 2 unspecified atom stereocenters. The van der Waals surface area contributed by atoms with Gasteiger partial charge in [-0.25, -0.2) is 13.1 Å². The SMILES string of the molecule is O=[N+]([O-])c1ccccc1CS(=O)(=O)NC1CCCCC1O. The van der Waals surface area contributed by atoms with Crippen LogP contribution in [0.5, 0.6) is 0 Å². The number of aliphatic hydroxyl groups is 1. The number of benzene rings is 1. The van der Waals surface area contributed by atoms with Gasteiger partial charge in [0.15, 0.2) is 0 Å². The van der Waals surface area contributed by atoms with E-state index in [4.69, 9.17) is 0 Å². The summed E-state index contributed by atoms with van der Waals surface area (Å²) in [6, 6.07) is 5.25. The van der Waals surface area contributed by atoms with Crippen molar-refractivity contribution in [2.45, 2.75) is 43.6 Å². The second kappa shape index (κ2) is 6.50. The van der Waals surface area contributed by atoms with Gasteiger partial charge in [0, 0.05) is 17.7 Å². The van der Waals surface area contributed by atoms with E-state index in [1.54, 1.807) is 6.07 Å². The third kappa shape index (κ3) is 4.23. The van der Waals surface area contributed by atoms with Crippen LogP contribution in [0.3, 0.4) is 0 Å². The van der Waals surface area contributed by atoms with E-state index in [1.807, 2.05) is 0 Å². The average Bonchev–Trinajstić information content (AvgIpc) is 2.41. The van der Waals surface area contributed by atoms with Gasteiger partial charge in [0.1, 0.15) is 0 Å². The number of nitro groups is 1. The van der Waals surface area contributed by atoms with Gasteiger partial charge in [0.05, 0.1) is 16.8 Å². The van der Waals surface area contributed by atoms with E-state index in [9.17, 15) is 23.6 Å². The highest BCUT2D eigenvalue weighted by Gasteiger charge is 2.28. The van der Waals surface area contributed by atoms with E-state index < -0.39 is 32.8 Å². The molecule has 1 fully saturated rings. The molecule has 0 aliphatic heterocycles. The lowest BCUT2D eigenvalue weighted by molar-refractivity contribution is -0.385. The molecule has 0 aromatic heterocycles. The molecule has 116 valence electrons. The van der Waals surface area contributed by atoms with Gasteiger partial charge in [-0.15, -0.1) is 0 Å². The maximum absolute atomic E-state index is 12.1. The van der Waals surface area contributed by atoms with E-state index in [0.29, 0.717) is 12.8 Å². The molecular formula is C13H18N2O5S. The maximum atomic E-state index is 12.1. The third-order valence-electron chi connectivity index (χ3n) is 3.59. The van der Waals surface area contributed by atoms with Crippen LogP contribution < -0.4 is 4.72 Å². The molecule has 0 saturated heterocycles. The van der Waals surface area contributed by atoms with Crippen molar-refractivity contribution in [3.8, 4) is 0 Å². The smallest absolute Gasteiger partial charge is 0.273 e. The van der Waals surface area contributed by atoms with Crippen LogP contribution in [0.15, 0.2) is 24.3 Å². The molecule has 2 atom stereocenters. The Balaban J connectivity index is 2.12. The summed E-state index contributed by atoms with van der Waals surface area (Å²) in [4.78, 5) is 10.3. The number of nitro benzene ring substituents is 1. The van der Waals surface area contributed by atoms with Crippen LogP contribution in [-0.2, 0) is 15.8 Å². The summed E-state index contributed by atoms with van der Waals surface area (Å²) < 4.78 is 26.7. The summed E-state index contributed by atoms with van der Waals surface area (Å²) in [6.07, 6.45) is 2.19. The minimum Gasteiger partial charge on any atom is -0.391 e. The Bertz CT molecular complexity index is 617. The first-order chi connectivity index (χ1) is 9.89. The number of rotatable bonds is 5. The van der Waals surface area contributed by atoms with Gasteiger partial charge in [-0.1, -0.05) is 31.0 Å². The molecule has 1 aliphatic carbocycles. The van der Waals surface area contributed by atoms with Crippen LogP contribution in [-0.4, -0.2) is 30.6 Å². The number of sulfonamides is 1. The monoisotopic (exact) mass is 314 g/mol. The third-order valence-corrected chi connectivity index (χ3v) is 4.95. The van der Waals surface area contributed by atoms with Gasteiger partial charge in [0.2, 0.25) is 10.0 Å². The zero-order valence-corrected chi connectivity index (χ0v) is 12.3. The van der Waals surface area contributed by atoms with Crippen molar-refractivity contribution in [3.63, 3.8) is 0 Å². The van der Waals surface area contributed by atoms with E-state index >= 15 is 0 Å². The minimum atomic E-state index is -3.74. The van der Waals surface area contributed by atoms with Crippen LogP contribution >= 0.6 is 0 Å². The maximum Gasteiger partial charge on any atom is 0.273 e. The van der Waals surface area contributed by atoms with Gasteiger partial charge in [-0.05, 0) is 12.8 Å². The van der Waals surface area contributed by atoms with Crippen LogP contribution in [0, 0.1) is 10.1 Å². The topological polar surface area (TPSA) is 110 Å². The van der Waals surface area contributed by atoms with Gasteiger partial charge in [-0.2, -0.15) is 0 Å². The van der Waals surface area contributed by atoms with Crippen molar-refractivity contribution in [2.24, 2.45) is 0 Å². The molecule has 2 N–H and O–H groups in total. The summed E-state index contributed by atoms with van der Waals surface area (Å²) in [5.41, 5.74) is -0.0765. The second-order valence-electron chi connectivity index (χ2n) is 5.22. The number of nitrogens with one attached hydrogen (secondary N) is 1. The van der Waals surface area contributed by atoms with E-state index in [1.165, 1.54) is 18.2 Å². The molecule has 1 aromatic rings. The fourth-order valence-corrected chi connectivity index (χ4v) is 4.01. The van der Waals surface area contributed by atoms with Crippen molar-refractivity contribution in [3.05, 3.63) is 39.9 Å². The molecule has 7 nitrogen and oxygen atoms in total. The summed E-state index contributed by atoms with van der Waals surface area (Å²) in [5.74, 6) is -0.465. The van der Waals surface area contributed by atoms with Crippen molar-refractivity contribution in [2.75, 3.05) is 0 Å². The number of para-hydroxylation sites is 1. The van der Waals surface area contributed by atoms with Crippen molar-refractivity contribution < 1.29 is 18.4 Å². The molecule has 1 aliphatic rings. The first-order valence-corrected chi connectivity index (χ1v) is 8.44. The molecule has 0 amide bonds. The molecule has 8 heteroatoms. The molecule has 2 rings (SSSR count). The summed E-state index contributed by atoms with van der Waals surface area (Å²) in [5, 5.41) is 20.7. The van der Waals surface area contributed by atoms with Crippen molar-refractivity contribution in [1.29, 1.82) is 0 Å². The average molecular weight is 314 g/mol. The normalized spacial score (nSPS) is 22.9. The number of nitrogens with zero attached hydrogens (tertiary/aromatic N) is 1. The first-order valence-electron chi connectivity index (χ1n) is 6.79. The largest absolute Gasteiger partial charge is 0.391 e. The highest BCUT2D eigenvalue weighted by molar-refractivity contribution is 7.88. The molecular weight excluding hydrogens is 296 g/mol. The molecule has 0 spiro atoms. The fourth-order valence-electron chi connectivity index (χ4n) is 2.54. The van der Waals surface area contributed by atoms with E-state index in [0.717, 1.165) is 12.8 Å². The molecule has 0 heterocycles. The Kier molecular flexibility index (Phi) is 4.92. The van der Waals surface area contributed by atoms with Gasteiger partial charge < -0.3 is 5.11 Å². The predicted molar refractivity (Wildman–Crippen MR) is 77.1 cm³/mol. The standard InChI is InChI=1S/C13H18N2O5S/c16-13-8-4-2-6-11(13)14-21(19,20)9-10-5-1-3-7-12(10)15(17)18/h1,3,5,7,11,13-14,16H,2,4,6,8-9H2. The number of hydrogen-bond donors (Lipinski definition) is 2. The Labute approximate surface area is 123 Å². The summed E-state index contributed by atoms with van der Waals surface area (Å²) in [7, 11) is -3.74. The first kappa shape index (κ1) is 15.9. The van der Waals surface area contributed by atoms with Gasteiger partial charge >= 0.3 is 0 Å². The molecule has 1 aromatic carbocycles. The lowest BCUT2D eigenvalue weighted by atomic mass is 9.93. The van der Waals surface area contributed by atoms with Crippen LogP contribution in [0.4, 0.5) is 5.69 Å². The highest BCUT2D eigenvalue weighted by atomic mass is 32.2. The number of hydrogen-bond acceptors (Lipinski definition) is 5.